The van der Waals surface area contributed by atoms with Crippen molar-refractivity contribution in [3.05, 3.63) is 12.2 Å². The van der Waals surface area contributed by atoms with Crippen molar-refractivity contribution >= 4 is 35.8 Å². The predicted molar refractivity (Wildman–Crippen MR) is 116 cm³/mol. The van der Waals surface area contributed by atoms with Crippen LogP contribution in [0.5, 0.6) is 0 Å². The maximum absolute atomic E-state index is 12.7. The van der Waals surface area contributed by atoms with Gasteiger partial charge in [-0.3, -0.25) is 9.79 Å². The predicted octanol–water partition coefficient (Wildman–Crippen LogP) is 1.76. The van der Waals surface area contributed by atoms with Crippen molar-refractivity contribution in [2.75, 3.05) is 20.1 Å². The Morgan fingerprint density at radius 2 is 2.07 bits per heavy atom. The molecule has 1 aromatic rings. The Morgan fingerprint density at radius 1 is 1.30 bits per heavy atom. The van der Waals surface area contributed by atoms with Gasteiger partial charge in [0.2, 0.25) is 5.91 Å². The van der Waals surface area contributed by atoms with E-state index >= 15 is 0 Å². The maximum Gasteiger partial charge on any atom is 0.225 e. The summed E-state index contributed by atoms with van der Waals surface area (Å²) in [5.41, 5.74) is 0. The second kappa shape index (κ2) is 10.8. The minimum atomic E-state index is 0. The molecule has 2 heterocycles. The van der Waals surface area contributed by atoms with Gasteiger partial charge in [0, 0.05) is 38.6 Å². The highest BCUT2D eigenvalue weighted by molar-refractivity contribution is 14.0. The van der Waals surface area contributed by atoms with Crippen LogP contribution in [-0.4, -0.2) is 57.7 Å². The van der Waals surface area contributed by atoms with Crippen LogP contribution in [0.2, 0.25) is 0 Å². The van der Waals surface area contributed by atoms with Gasteiger partial charge in [-0.25, -0.2) is 0 Å². The number of halogens is 1. The van der Waals surface area contributed by atoms with Crippen LogP contribution in [0.15, 0.2) is 11.3 Å². The molecule has 1 aromatic heterocycles. The fourth-order valence-corrected chi connectivity index (χ4v) is 3.92. The molecule has 1 saturated carbocycles. The van der Waals surface area contributed by atoms with Crippen LogP contribution >= 0.6 is 24.0 Å². The van der Waals surface area contributed by atoms with Gasteiger partial charge in [0.25, 0.3) is 0 Å². The number of aliphatic imine (C=N–C) groups is 1. The molecule has 0 bridgehead atoms. The number of likely N-dealkylation sites (tertiary alicyclic amines) is 1. The first kappa shape index (κ1) is 21.9. The number of rotatable bonds is 5. The molecule has 152 valence electrons. The lowest BCUT2D eigenvalue weighted by Gasteiger charge is -2.26. The SMILES string of the molecule is CCn1cnnc1CNC(=NC)NC1CCN(C(=O)C2CCCCC2)C1.I. The first-order chi connectivity index (χ1) is 12.7. The summed E-state index contributed by atoms with van der Waals surface area (Å²) in [5, 5.41) is 14.8. The van der Waals surface area contributed by atoms with Gasteiger partial charge in [0.1, 0.15) is 6.33 Å². The molecule has 27 heavy (non-hydrogen) atoms. The van der Waals surface area contributed by atoms with Crippen LogP contribution in [0.25, 0.3) is 0 Å². The van der Waals surface area contributed by atoms with Gasteiger partial charge in [-0.15, -0.1) is 34.2 Å². The van der Waals surface area contributed by atoms with Gasteiger partial charge in [-0.05, 0) is 26.2 Å². The van der Waals surface area contributed by atoms with Gasteiger partial charge in [-0.1, -0.05) is 19.3 Å². The minimum Gasteiger partial charge on any atom is -0.352 e. The number of aryl methyl sites for hydroxylation is 1. The molecule has 0 spiro atoms. The number of nitrogens with zero attached hydrogens (tertiary/aromatic N) is 5. The lowest BCUT2D eigenvalue weighted by atomic mass is 9.88. The van der Waals surface area contributed by atoms with E-state index in [1.54, 1.807) is 13.4 Å². The molecule has 9 heteroatoms. The monoisotopic (exact) mass is 489 g/mol. The Hall–Kier alpha value is -1.39. The fourth-order valence-electron chi connectivity index (χ4n) is 3.92. The van der Waals surface area contributed by atoms with E-state index in [1.807, 2.05) is 9.47 Å². The molecule has 3 rings (SSSR count). The quantitative estimate of drug-likeness (QED) is 0.374. The van der Waals surface area contributed by atoms with Crippen LogP contribution in [-0.2, 0) is 17.9 Å². The van der Waals surface area contributed by atoms with Crippen molar-refractivity contribution in [3.63, 3.8) is 0 Å². The lowest BCUT2D eigenvalue weighted by molar-refractivity contribution is -0.135. The van der Waals surface area contributed by atoms with E-state index in [2.05, 4.69) is 32.7 Å². The Bertz CT molecular complexity index is 627. The molecule has 2 aliphatic rings. The Kier molecular flexibility index (Phi) is 8.78. The molecular formula is C18H32IN7O. The first-order valence-corrected chi connectivity index (χ1v) is 9.84. The zero-order chi connectivity index (χ0) is 18.4. The van der Waals surface area contributed by atoms with E-state index in [9.17, 15) is 4.79 Å². The van der Waals surface area contributed by atoms with E-state index in [1.165, 1.54) is 19.3 Å². The summed E-state index contributed by atoms with van der Waals surface area (Å²) in [6, 6.07) is 0.248. The largest absolute Gasteiger partial charge is 0.352 e. The van der Waals surface area contributed by atoms with Crippen LogP contribution in [0.4, 0.5) is 0 Å². The zero-order valence-electron chi connectivity index (χ0n) is 16.4. The number of guanidine groups is 1. The van der Waals surface area contributed by atoms with Gasteiger partial charge in [-0.2, -0.15) is 0 Å². The third kappa shape index (κ3) is 5.79. The Balaban J connectivity index is 0.00000261. The second-order valence-electron chi connectivity index (χ2n) is 7.21. The number of carbonyl (C=O) groups excluding carboxylic acids is 1. The average Bonchev–Trinajstić information content (AvgIpc) is 3.34. The van der Waals surface area contributed by atoms with E-state index < -0.39 is 0 Å². The van der Waals surface area contributed by atoms with Crippen molar-refractivity contribution < 1.29 is 4.79 Å². The highest BCUT2D eigenvalue weighted by Gasteiger charge is 2.31. The minimum absolute atomic E-state index is 0. The molecular weight excluding hydrogens is 457 g/mol. The lowest BCUT2D eigenvalue weighted by Crippen LogP contribution is -2.45. The number of aromatic nitrogens is 3. The van der Waals surface area contributed by atoms with E-state index in [-0.39, 0.29) is 35.9 Å². The van der Waals surface area contributed by atoms with Gasteiger partial charge >= 0.3 is 0 Å². The number of carbonyl (C=O) groups is 1. The summed E-state index contributed by atoms with van der Waals surface area (Å²) < 4.78 is 2.00. The van der Waals surface area contributed by atoms with Crippen LogP contribution in [0.1, 0.15) is 51.3 Å². The van der Waals surface area contributed by atoms with Crippen LogP contribution < -0.4 is 10.6 Å². The summed E-state index contributed by atoms with van der Waals surface area (Å²) in [4.78, 5) is 19.0. The van der Waals surface area contributed by atoms with Crippen molar-refractivity contribution in [2.45, 2.75) is 64.6 Å². The average molecular weight is 489 g/mol. The van der Waals surface area contributed by atoms with Crippen LogP contribution in [0.3, 0.4) is 0 Å². The maximum atomic E-state index is 12.7. The van der Waals surface area contributed by atoms with Crippen molar-refractivity contribution in [1.82, 2.24) is 30.3 Å². The molecule has 1 atom stereocenters. The fraction of sp³-hybridized carbons (Fsp3) is 0.778. The first-order valence-electron chi connectivity index (χ1n) is 9.84. The van der Waals surface area contributed by atoms with Gasteiger partial charge in [0.05, 0.1) is 6.54 Å². The van der Waals surface area contributed by atoms with Crippen molar-refractivity contribution in [2.24, 2.45) is 10.9 Å². The molecule has 1 saturated heterocycles. The number of amides is 1. The summed E-state index contributed by atoms with van der Waals surface area (Å²) in [7, 11) is 1.76. The van der Waals surface area contributed by atoms with Crippen molar-refractivity contribution in [1.29, 1.82) is 0 Å². The van der Waals surface area contributed by atoms with E-state index in [0.717, 1.165) is 50.7 Å². The summed E-state index contributed by atoms with van der Waals surface area (Å²) in [6.45, 7) is 5.09. The molecule has 2 N–H and O–H groups in total. The number of hydrogen-bond donors (Lipinski definition) is 2. The van der Waals surface area contributed by atoms with Gasteiger partial charge < -0.3 is 20.1 Å². The summed E-state index contributed by atoms with van der Waals surface area (Å²) >= 11 is 0. The molecule has 0 aromatic carbocycles. The van der Waals surface area contributed by atoms with E-state index in [4.69, 9.17) is 0 Å². The normalized spacial score (nSPS) is 21.0. The zero-order valence-corrected chi connectivity index (χ0v) is 18.7. The van der Waals surface area contributed by atoms with E-state index in [0.29, 0.717) is 12.5 Å². The summed E-state index contributed by atoms with van der Waals surface area (Å²) in [5.74, 6) is 2.23. The Labute approximate surface area is 178 Å². The smallest absolute Gasteiger partial charge is 0.225 e. The van der Waals surface area contributed by atoms with Crippen molar-refractivity contribution in [3.8, 4) is 0 Å². The third-order valence-electron chi connectivity index (χ3n) is 5.47. The van der Waals surface area contributed by atoms with Crippen LogP contribution in [0, 0.1) is 5.92 Å². The summed E-state index contributed by atoms with van der Waals surface area (Å²) in [6.07, 6.45) is 8.50. The number of hydrogen-bond acceptors (Lipinski definition) is 4. The molecule has 1 amide bonds. The standard InChI is InChI=1S/C18H31N7O.HI/c1-3-24-13-21-23-16(24)11-20-18(19-2)22-15-9-10-25(12-15)17(26)14-7-5-4-6-8-14;/h13-15H,3-12H2,1-2H3,(H2,19,20,22);1H. The topological polar surface area (TPSA) is 87.4 Å². The molecule has 2 fully saturated rings. The molecule has 0 radical (unpaired) electrons. The molecule has 1 aliphatic carbocycles. The van der Waals surface area contributed by atoms with Gasteiger partial charge in [0.15, 0.2) is 11.8 Å². The highest BCUT2D eigenvalue weighted by Crippen LogP contribution is 2.26. The molecule has 1 aliphatic heterocycles. The Morgan fingerprint density at radius 3 is 2.78 bits per heavy atom. The molecule has 8 nitrogen and oxygen atoms in total. The second-order valence-corrected chi connectivity index (χ2v) is 7.21. The highest BCUT2D eigenvalue weighted by atomic mass is 127. The molecule has 1 unspecified atom stereocenters. The third-order valence-corrected chi connectivity index (χ3v) is 5.47. The number of nitrogens with one attached hydrogen (secondary N) is 2.